The van der Waals surface area contributed by atoms with Crippen LogP contribution < -0.4 is 10.6 Å². The Morgan fingerprint density at radius 1 is 1.44 bits per heavy atom. The number of carbonyl (C=O) groups is 2. The lowest BCUT2D eigenvalue weighted by atomic mass is 10.1. The second kappa shape index (κ2) is 5.99. The number of carboxylic acid groups (broad SMARTS) is 1. The number of aliphatic carboxylic acids is 1. The van der Waals surface area contributed by atoms with E-state index in [1.54, 1.807) is 20.8 Å². The molecule has 1 aromatic heterocycles. The highest BCUT2D eigenvalue weighted by Crippen LogP contribution is 2.01. The van der Waals surface area contributed by atoms with E-state index in [-0.39, 0.29) is 12.5 Å². The third kappa shape index (κ3) is 4.04. The maximum Gasteiger partial charge on any atom is 0.326 e. The molecule has 0 aliphatic heterocycles. The average Bonchev–Trinajstić information content (AvgIpc) is 2.68. The Bertz CT molecular complexity index is 429. The van der Waals surface area contributed by atoms with Crippen molar-refractivity contribution in [3.63, 3.8) is 0 Å². The summed E-state index contributed by atoms with van der Waals surface area (Å²) >= 11 is 0. The lowest BCUT2D eigenvalue weighted by molar-refractivity contribution is -0.140. The summed E-state index contributed by atoms with van der Waals surface area (Å²) in [5, 5.41) is 17.3. The van der Waals surface area contributed by atoms with Gasteiger partial charge in [0.05, 0.1) is 6.54 Å². The highest BCUT2D eigenvalue weighted by atomic mass is 16.5. The Hall–Kier alpha value is -2.12. The van der Waals surface area contributed by atoms with E-state index in [0.717, 1.165) is 0 Å². The van der Waals surface area contributed by atoms with Gasteiger partial charge in [0.15, 0.2) is 5.82 Å². The van der Waals surface area contributed by atoms with Crippen LogP contribution >= 0.6 is 0 Å². The van der Waals surface area contributed by atoms with Gasteiger partial charge in [-0.15, -0.1) is 0 Å². The van der Waals surface area contributed by atoms with E-state index in [2.05, 4.69) is 20.8 Å². The van der Waals surface area contributed by atoms with Gasteiger partial charge in [0.25, 0.3) is 0 Å². The van der Waals surface area contributed by atoms with Gasteiger partial charge in [0.1, 0.15) is 6.04 Å². The molecule has 1 heterocycles. The molecule has 0 spiro atoms. The molecule has 0 saturated heterocycles. The highest BCUT2D eigenvalue weighted by molar-refractivity contribution is 5.82. The van der Waals surface area contributed by atoms with Gasteiger partial charge < -0.3 is 20.3 Å². The van der Waals surface area contributed by atoms with Gasteiger partial charge in [-0.2, -0.15) is 4.98 Å². The normalized spacial score (nSPS) is 12.2. The molecule has 0 aromatic carbocycles. The molecule has 0 aliphatic carbocycles. The number of aromatic nitrogens is 2. The first kappa shape index (κ1) is 13.9. The molecule has 0 radical (unpaired) electrons. The van der Waals surface area contributed by atoms with Gasteiger partial charge in [-0.1, -0.05) is 19.0 Å². The number of hydrogen-bond acceptors (Lipinski definition) is 5. The third-order valence-corrected chi connectivity index (χ3v) is 2.20. The van der Waals surface area contributed by atoms with E-state index in [4.69, 9.17) is 9.63 Å². The summed E-state index contributed by atoms with van der Waals surface area (Å²) in [5.41, 5.74) is 0. The van der Waals surface area contributed by atoms with Crippen LogP contribution in [0.15, 0.2) is 4.52 Å². The van der Waals surface area contributed by atoms with Crippen molar-refractivity contribution in [2.45, 2.75) is 33.4 Å². The predicted molar refractivity (Wildman–Crippen MR) is 60.7 cm³/mol. The fraction of sp³-hybridized carbons (Fsp3) is 0.600. The van der Waals surface area contributed by atoms with E-state index in [9.17, 15) is 9.59 Å². The van der Waals surface area contributed by atoms with Crippen LogP contribution in [0, 0.1) is 12.8 Å². The van der Waals surface area contributed by atoms with Crippen LogP contribution in [0.4, 0.5) is 4.79 Å². The molecule has 0 unspecified atom stereocenters. The summed E-state index contributed by atoms with van der Waals surface area (Å²) in [6, 6.07) is -1.52. The molecule has 1 atom stereocenters. The molecule has 8 heteroatoms. The first-order valence-electron chi connectivity index (χ1n) is 5.46. The number of aryl methyl sites for hydroxylation is 1. The molecule has 1 aromatic rings. The van der Waals surface area contributed by atoms with Gasteiger partial charge in [-0.3, -0.25) is 0 Å². The topological polar surface area (TPSA) is 117 Å². The van der Waals surface area contributed by atoms with Crippen LogP contribution in [-0.2, 0) is 11.3 Å². The zero-order valence-corrected chi connectivity index (χ0v) is 10.4. The highest BCUT2D eigenvalue weighted by Gasteiger charge is 2.23. The monoisotopic (exact) mass is 256 g/mol. The Kier molecular flexibility index (Phi) is 4.64. The minimum Gasteiger partial charge on any atom is -0.480 e. The maximum absolute atomic E-state index is 11.5. The van der Waals surface area contributed by atoms with Crippen LogP contribution in [0.25, 0.3) is 0 Å². The lowest BCUT2D eigenvalue weighted by Crippen LogP contribution is -2.48. The summed E-state index contributed by atoms with van der Waals surface area (Å²) in [4.78, 5) is 26.2. The molecular weight excluding hydrogens is 240 g/mol. The first-order chi connectivity index (χ1) is 8.40. The van der Waals surface area contributed by atoms with E-state index in [1.165, 1.54) is 0 Å². The van der Waals surface area contributed by atoms with Crippen molar-refractivity contribution in [2.24, 2.45) is 5.92 Å². The number of carboxylic acids is 1. The van der Waals surface area contributed by atoms with E-state index in [0.29, 0.717) is 11.7 Å². The van der Waals surface area contributed by atoms with Crippen LogP contribution in [-0.4, -0.2) is 33.3 Å². The van der Waals surface area contributed by atoms with Crippen molar-refractivity contribution >= 4 is 12.0 Å². The van der Waals surface area contributed by atoms with Crippen LogP contribution in [0.2, 0.25) is 0 Å². The van der Waals surface area contributed by atoms with E-state index >= 15 is 0 Å². The molecule has 1 rings (SSSR count). The fourth-order valence-corrected chi connectivity index (χ4v) is 1.28. The molecule has 2 amide bonds. The lowest BCUT2D eigenvalue weighted by Gasteiger charge is -2.17. The average molecular weight is 256 g/mol. The van der Waals surface area contributed by atoms with Gasteiger partial charge in [0.2, 0.25) is 5.89 Å². The number of carbonyl (C=O) groups excluding carboxylic acids is 1. The number of nitrogens with zero attached hydrogens (tertiary/aromatic N) is 2. The van der Waals surface area contributed by atoms with Crippen LogP contribution in [0.3, 0.4) is 0 Å². The second-order valence-corrected chi connectivity index (χ2v) is 4.12. The molecule has 3 N–H and O–H groups in total. The molecule has 18 heavy (non-hydrogen) atoms. The summed E-state index contributed by atoms with van der Waals surface area (Å²) < 4.78 is 4.73. The maximum atomic E-state index is 11.5. The fourth-order valence-electron chi connectivity index (χ4n) is 1.28. The summed E-state index contributed by atoms with van der Waals surface area (Å²) in [5.74, 6) is -0.548. The van der Waals surface area contributed by atoms with Gasteiger partial charge >= 0.3 is 12.0 Å². The Morgan fingerprint density at radius 2 is 2.11 bits per heavy atom. The minimum absolute atomic E-state index is 0.0770. The third-order valence-electron chi connectivity index (χ3n) is 2.20. The summed E-state index contributed by atoms with van der Waals surface area (Å²) in [7, 11) is 0. The predicted octanol–water partition coefficient (Wildman–Crippen LogP) is 0.286. The molecule has 8 nitrogen and oxygen atoms in total. The van der Waals surface area contributed by atoms with E-state index in [1.807, 2.05) is 0 Å². The quantitative estimate of drug-likeness (QED) is 0.696. The smallest absolute Gasteiger partial charge is 0.326 e. The molecule has 100 valence electrons. The first-order valence-corrected chi connectivity index (χ1v) is 5.46. The molecular formula is C10H16N4O4. The number of amides is 2. The largest absolute Gasteiger partial charge is 0.480 e. The van der Waals surface area contributed by atoms with Crippen LogP contribution in [0.5, 0.6) is 0 Å². The Balaban J connectivity index is 2.43. The zero-order valence-electron chi connectivity index (χ0n) is 10.4. The van der Waals surface area contributed by atoms with Crippen molar-refractivity contribution in [1.29, 1.82) is 0 Å². The standard InChI is InChI=1S/C10H16N4O4/c1-5(2)8(9(15)16)13-10(17)11-4-7-12-6(3)18-14-7/h5,8H,4H2,1-3H3,(H,15,16)(H2,11,13,17)/t8-/m0/s1. The van der Waals surface area contributed by atoms with Crippen LogP contribution in [0.1, 0.15) is 25.6 Å². The van der Waals surface area contributed by atoms with Crippen molar-refractivity contribution in [3.8, 4) is 0 Å². The zero-order chi connectivity index (χ0) is 13.7. The Morgan fingerprint density at radius 3 is 2.56 bits per heavy atom. The minimum atomic E-state index is -1.07. The van der Waals surface area contributed by atoms with Crippen molar-refractivity contribution in [3.05, 3.63) is 11.7 Å². The van der Waals surface area contributed by atoms with Gasteiger partial charge in [-0.25, -0.2) is 9.59 Å². The molecule has 0 saturated carbocycles. The SMILES string of the molecule is Cc1nc(CNC(=O)N[C@H](C(=O)O)C(C)C)no1. The Labute approximate surface area is 104 Å². The van der Waals surface area contributed by atoms with Gasteiger partial charge in [0, 0.05) is 6.92 Å². The van der Waals surface area contributed by atoms with Crippen molar-refractivity contribution in [1.82, 2.24) is 20.8 Å². The molecule has 0 fully saturated rings. The number of nitrogens with one attached hydrogen (secondary N) is 2. The van der Waals surface area contributed by atoms with Crippen molar-refractivity contribution < 1.29 is 19.2 Å². The second-order valence-electron chi connectivity index (χ2n) is 4.12. The summed E-state index contributed by atoms with van der Waals surface area (Å²) in [6.07, 6.45) is 0. The van der Waals surface area contributed by atoms with E-state index < -0.39 is 18.0 Å². The molecule has 0 bridgehead atoms. The molecule has 0 aliphatic rings. The number of rotatable bonds is 5. The van der Waals surface area contributed by atoms with Crippen molar-refractivity contribution in [2.75, 3.05) is 0 Å². The number of urea groups is 1. The number of hydrogen-bond donors (Lipinski definition) is 3. The van der Waals surface area contributed by atoms with Gasteiger partial charge in [-0.05, 0) is 5.92 Å². The summed E-state index contributed by atoms with van der Waals surface area (Å²) in [6.45, 7) is 5.13.